The minimum Gasteiger partial charge on any atom is -0.294 e. The van der Waals surface area contributed by atoms with Gasteiger partial charge >= 0.3 is 0 Å². The first kappa shape index (κ1) is 20.0. The summed E-state index contributed by atoms with van der Waals surface area (Å²) >= 11 is 0. The topological polar surface area (TPSA) is 51.2 Å². The summed E-state index contributed by atoms with van der Waals surface area (Å²) in [4.78, 5) is 12.9. The van der Waals surface area contributed by atoms with Gasteiger partial charge in [-0.25, -0.2) is 12.8 Å². The van der Waals surface area contributed by atoms with Gasteiger partial charge in [0.1, 0.15) is 11.1 Å². The van der Waals surface area contributed by atoms with Crippen LogP contribution in [0.1, 0.15) is 38.7 Å². The number of halogens is 1. The molecule has 0 aliphatic rings. The van der Waals surface area contributed by atoms with E-state index in [-0.39, 0.29) is 22.7 Å². The second kappa shape index (κ2) is 8.07. The highest BCUT2D eigenvalue weighted by atomic mass is 32.2. The van der Waals surface area contributed by atoms with Gasteiger partial charge < -0.3 is 0 Å². The highest BCUT2D eigenvalue weighted by Gasteiger charge is 2.33. The normalized spacial score (nSPS) is 12.5. The molecule has 3 aromatic rings. The van der Waals surface area contributed by atoms with Crippen LogP contribution in [0.3, 0.4) is 0 Å². The molecular weight excluding hydrogens is 375 g/mol. The Bertz CT molecular complexity index is 1090. The Labute approximate surface area is 164 Å². The van der Waals surface area contributed by atoms with Gasteiger partial charge in [-0.15, -0.1) is 0 Å². The summed E-state index contributed by atoms with van der Waals surface area (Å²) in [5.74, 6) is -0.983. The average molecular weight is 396 g/mol. The number of hydrogen-bond donors (Lipinski definition) is 0. The fourth-order valence-corrected chi connectivity index (χ4v) is 4.78. The highest BCUT2D eigenvalue weighted by molar-refractivity contribution is 7.91. The predicted octanol–water partition coefficient (Wildman–Crippen LogP) is 5.23. The van der Waals surface area contributed by atoms with Crippen molar-refractivity contribution in [2.45, 2.75) is 30.4 Å². The maximum absolute atomic E-state index is 14.5. The lowest BCUT2D eigenvalue weighted by Crippen LogP contribution is -2.19. The molecule has 0 amide bonds. The SMILES string of the molecule is Cc1ccc(C(=O)C[C@H](c2ccccc2F)S(=O)(=O)c2ccc(C)cc2)cc1. The van der Waals surface area contributed by atoms with E-state index in [9.17, 15) is 17.6 Å². The number of ketones is 1. The second-order valence-corrected chi connectivity index (χ2v) is 8.99. The van der Waals surface area contributed by atoms with Crippen LogP contribution in [0, 0.1) is 19.7 Å². The standard InChI is InChI=1S/C23H21FO3S/c1-16-7-11-18(12-8-16)22(25)15-23(20-5-3-4-6-21(20)24)28(26,27)19-13-9-17(2)10-14-19/h3-14,23H,15H2,1-2H3/t23-/m1/s1. The van der Waals surface area contributed by atoms with Crippen LogP contribution < -0.4 is 0 Å². The van der Waals surface area contributed by atoms with Crippen molar-refractivity contribution < 1.29 is 17.6 Å². The molecule has 0 aliphatic carbocycles. The fraction of sp³-hybridized carbons (Fsp3) is 0.174. The quantitative estimate of drug-likeness (QED) is 0.536. The molecule has 0 N–H and O–H groups in total. The number of benzene rings is 3. The molecule has 0 spiro atoms. The third-order valence-electron chi connectivity index (χ3n) is 4.72. The monoisotopic (exact) mass is 396 g/mol. The van der Waals surface area contributed by atoms with Crippen LogP contribution in [0.5, 0.6) is 0 Å². The lowest BCUT2D eigenvalue weighted by atomic mass is 10.0. The Kier molecular flexibility index (Phi) is 5.75. The van der Waals surface area contributed by atoms with E-state index in [0.717, 1.165) is 11.1 Å². The van der Waals surface area contributed by atoms with Crippen molar-refractivity contribution in [3.05, 3.63) is 101 Å². The Hall–Kier alpha value is -2.79. The molecule has 0 radical (unpaired) electrons. The van der Waals surface area contributed by atoms with Gasteiger partial charge in [0.25, 0.3) is 0 Å². The molecule has 144 valence electrons. The van der Waals surface area contributed by atoms with E-state index >= 15 is 0 Å². The third-order valence-corrected chi connectivity index (χ3v) is 6.82. The number of carbonyl (C=O) groups excluding carboxylic acids is 1. The zero-order chi connectivity index (χ0) is 20.3. The van der Waals surface area contributed by atoms with E-state index in [4.69, 9.17) is 0 Å². The number of Topliss-reactive ketones (excluding diaryl/α,β-unsaturated/α-hetero) is 1. The van der Waals surface area contributed by atoms with Crippen molar-refractivity contribution in [3.63, 3.8) is 0 Å². The molecular formula is C23H21FO3S. The molecule has 0 saturated heterocycles. The smallest absolute Gasteiger partial charge is 0.185 e. The van der Waals surface area contributed by atoms with E-state index < -0.39 is 20.9 Å². The Morgan fingerprint density at radius 3 is 1.96 bits per heavy atom. The van der Waals surface area contributed by atoms with Crippen molar-refractivity contribution >= 4 is 15.6 Å². The van der Waals surface area contributed by atoms with Crippen LogP contribution in [0.4, 0.5) is 4.39 Å². The zero-order valence-electron chi connectivity index (χ0n) is 15.7. The van der Waals surface area contributed by atoms with E-state index in [1.165, 1.54) is 30.3 Å². The molecule has 3 nitrogen and oxygen atoms in total. The predicted molar refractivity (Wildman–Crippen MR) is 108 cm³/mol. The molecule has 5 heteroatoms. The van der Waals surface area contributed by atoms with Gasteiger partial charge in [-0.3, -0.25) is 4.79 Å². The van der Waals surface area contributed by atoms with E-state index in [1.54, 1.807) is 42.5 Å². The van der Waals surface area contributed by atoms with E-state index in [0.29, 0.717) is 5.56 Å². The highest BCUT2D eigenvalue weighted by Crippen LogP contribution is 2.34. The number of carbonyl (C=O) groups is 1. The number of rotatable bonds is 6. The number of sulfone groups is 1. The van der Waals surface area contributed by atoms with Gasteiger partial charge in [0.2, 0.25) is 0 Å². The van der Waals surface area contributed by atoms with Gasteiger partial charge in [-0.2, -0.15) is 0 Å². The van der Waals surface area contributed by atoms with Crippen molar-refractivity contribution in [1.29, 1.82) is 0 Å². The maximum atomic E-state index is 14.5. The summed E-state index contributed by atoms with van der Waals surface area (Å²) in [6.07, 6.45) is -0.333. The van der Waals surface area contributed by atoms with Crippen molar-refractivity contribution in [1.82, 2.24) is 0 Å². The first-order valence-electron chi connectivity index (χ1n) is 8.94. The molecule has 1 atom stereocenters. The molecule has 28 heavy (non-hydrogen) atoms. The van der Waals surface area contributed by atoms with Crippen LogP contribution in [-0.2, 0) is 9.84 Å². The molecule has 3 rings (SSSR count). The summed E-state index contributed by atoms with van der Waals surface area (Å²) < 4.78 is 41.1. The van der Waals surface area contributed by atoms with Gasteiger partial charge in [-0.1, -0.05) is 65.7 Å². The number of hydrogen-bond acceptors (Lipinski definition) is 3. The average Bonchev–Trinajstić information content (AvgIpc) is 2.67. The minimum absolute atomic E-state index is 0.00327. The summed E-state index contributed by atoms with van der Waals surface area (Å²) in [6.45, 7) is 3.75. The molecule has 0 unspecified atom stereocenters. The molecule has 0 heterocycles. The molecule has 3 aromatic carbocycles. The van der Waals surface area contributed by atoms with Crippen molar-refractivity contribution in [3.8, 4) is 0 Å². The zero-order valence-corrected chi connectivity index (χ0v) is 16.5. The summed E-state index contributed by atoms with van der Waals surface area (Å²) in [7, 11) is -3.97. The molecule has 0 aliphatic heterocycles. The van der Waals surface area contributed by atoms with Crippen molar-refractivity contribution in [2.75, 3.05) is 0 Å². The fourth-order valence-electron chi connectivity index (χ4n) is 3.04. The van der Waals surface area contributed by atoms with Gasteiger partial charge in [0.05, 0.1) is 4.90 Å². The van der Waals surface area contributed by atoms with Crippen LogP contribution in [0.25, 0.3) is 0 Å². The van der Waals surface area contributed by atoms with Crippen LogP contribution in [0.2, 0.25) is 0 Å². The Balaban J connectivity index is 2.05. The van der Waals surface area contributed by atoms with Crippen LogP contribution >= 0.6 is 0 Å². The van der Waals surface area contributed by atoms with Gasteiger partial charge in [0.15, 0.2) is 15.6 Å². The van der Waals surface area contributed by atoms with E-state index in [1.807, 2.05) is 13.8 Å². The Morgan fingerprint density at radius 1 is 0.857 bits per heavy atom. The molecule has 0 aromatic heterocycles. The first-order valence-corrected chi connectivity index (χ1v) is 10.5. The largest absolute Gasteiger partial charge is 0.294 e. The van der Waals surface area contributed by atoms with E-state index in [2.05, 4.69) is 0 Å². The first-order chi connectivity index (χ1) is 13.3. The van der Waals surface area contributed by atoms with Crippen LogP contribution in [0.15, 0.2) is 77.7 Å². The maximum Gasteiger partial charge on any atom is 0.185 e. The van der Waals surface area contributed by atoms with Crippen LogP contribution in [-0.4, -0.2) is 14.2 Å². The second-order valence-electron chi connectivity index (χ2n) is 6.86. The summed E-state index contributed by atoms with van der Waals surface area (Å²) in [5, 5.41) is -1.30. The lowest BCUT2D eigenvalue weighted by Gasteiger charge is -2.19. The molecule has 0 bridgehead atoms. The lowest BCUT2D eigenvalue weighted by molar-refractivity contribution is 0.0980. The minimum atomic E-state index is -3.97. The third kappa shape index (κ3) is 4.20. The van der Waals surface area contributed by atoms with Gasteiger partial charge in [-0.05, 0) is 32.0 Å². The van der Waals surface area contributed by atoms with Crippen molar-refractivity contribution in [2.24, 2.45) is 0 Å². The summed E-state index contributed by atoms with van der Waals surface area (Å²) in [5.41, 5.74) is 2.32. The van der Waals surface area contributed by atoms with Gasteiger partial charge in [0, 0.05) is 17.5 Å². The molecule has 0 fully saturated rings. The summed E-state index contributed by atoms with van der Waals surface area (Å²) in [6, 6.07) is 19.0. The molecule has 0 saturated carbocycles. The Morgan fingerprint density at radius 2 is 1.39 bits per heavy atom. The number of aryl methyl sites for hydroxylation is 2.